The molecule has 0 aliphatic heterocycles. The Morgan fingerprint density at radius 2 is 1.90 bits per heavy atom. The lowest BCUT2D eigenvalue weighted by atomic mass is 10.3. The van der Waals surface area contributed by atoms with E-state index in [-0.39, 0.29) is 0 Å². The van der Waals surface area contributed by atoms with Crippen molar-refractivity contribution in [3.63, 3.8) is 0 Å². The summed E-state index contributed by atoms with van der Waals surface area (Å²) in [5.74, 6) is -0.777. The molecule has 0 spiro atoms. The Morgan fingerprint density at radius 1 is 1.19 bits per heavy atom. The fraction of sp³-hybridized carbons (Fsp3) is 0.467. The van der Waals surface area contributed by atoms with Crippen molar-refractivity contribution in [3.05, 3.63) is 24.3 Å². The first-order valence-corrected chi connectivity index (χ1v) is 7.00. The minimum absolute atomic E-state index is 0.470. The Morgan fingerprint density at radius 3 is 2.57 bits per heavy atom. The minimum atomic E-state index is -0.688. The highest BCUT2D eigenvalue weighted by Gasteiger charge is 2.15. The maximum atomic E-state index is 11.8. The van der Waals surface area contributed by atoms with E-state index in [1.165, 1.54) is 0 Å². The number of amides is 2. The Bertz CT molecular complexity index is 475. The molecule has 0 heterocycles. The van der Waals surface area contributed by atoms with Crippen molar-refractivity contribution in [2.75, 3.05) is 39.1 Å². The van der Waals surface area contributed by atoms with Crippen LogP contribution in [-0.2, 0) is 9.59 Å². The van der Waals surface area contributed by atoms with Crippen LogP contribution in [0.15, 0.2) is 24.3 Å². The van der Waals surface area contributed by atoms with Crippen LogP contribution in [0.5, 0.6) is 5.75 Å². The van der Waals surface area contributed by atoms with Gasteiger partial charge in [-0.2, -0.15) is 0 Å². The van der Waals surface area contributed by atoms with Crippen LogP contribution >= 0.6 is 0 Å². The molecular weight excluding hydrogens is 270 g/mol. The molecule has 2 amide bonds. The zero-order valence-electron chi connectivity index (χ0n) is 12.8. The molecule has 0 saturated carbocycles. The zero-order valence-corrected chi connectivity index (χ0v) is 12.8. The van der Waals surface area contributed by atoms with Gasteiger partial charge in [0.25, 0.3) is 0 Å². The summed E-state index contributed by atoms with van der Waals surface area (Å²) < 4.78 is 5.39. The second-order valence-electron chi connectivity index (χ2n) is 4.80. The van der Waals surface area contributed by atoms with Gasteiger partial charge in [-0.05, 0) is 46.1 Å². The van der Waals surface area contributed by atoms with Gasteiger partial charge in [-0.15, -0.1) is 0 Å². The predicted molar refractivity (Wildman–Crippen MR) is 82.4 cm³/mol. The normalized spacial score (nSPS) is 10.3. The average molecular weight is 293 g/mol. The smallest absolute Gasteiger partial charge is 0.313 e. The van der Waals surface area contributed by atoms with Crippen LogP contribution in [-0.4, -0.2) is 50.5 Å². The number of nitrogens with one attached hydrogen (secondary N) is 2. The lowest BCUT2D eigenvalue weighted by Gasteiger charge is -2.12. The zero-order chi connectivity index (χ0) is 15.7. The number of rotatable bonds is 7. The third-order valence-electron chi connectivity index (χ3n) is 2.71. The largest absolute Gasteiger partial charge is 0.492 e. The molecule has 1 aromatic rings. The molecule has 1 rings (SSSR count). The van der Waals surface area contributed by atoms with Gasteiger partial charge in [-0.3, -0.25) is 9.59 Å². The maximum absolute atomic E-state index is 11.8. The van der Waals surface area contributed by atoms with Crippen molar-refractivity contribution in [3.8, 4) is 5.75 Å². The topological polar surface area (TPSA) is 70.7 Å². The molecule has 116 valence electrons. The summed E-state index contributed by atoms with van der Waals surface area (Å²) in [6, 6.07) is 7.02. The van der Waals surface area contributed by atoms with Crippen LogP contribution in [0.25, 0.3) is 0 Å². The van der Waals surface area contributed by atoms with Crippen molar-refractivity contribution in [1.29, 1.82) is 0 Å². The summed E-state index contributed by atoms with van der Waals surface area (Å²) in [5.41, 5.74) is 0.493. The molecule has 0 aliphatic rings. The number of para-hydroxylation sites is 2. The lowest BCUT2D eigenvalue weighted by Crippen LogP contribution is -2.36. The van der Waals surface area contributed by atoms with Crippen LogP contribution in [0.2, 0.25) is 0 Å². The molecule has 0 aliphatic carbocycles. The number of ether oxygens (including phenoxy) is 1. The SMILES string of the molecule is CCOc1ccccc1NC(=O)C(=O)NCCCN(C)C. The van der Waals surface area contributed by atoms with Gasteiger partial charge in [0, 0.05) is 6.54 Å². The number of carbonyl (C=O) groups excluding carboxylic acids is 2. The third-order valence-corrected chi connectivity index (χ3v) is 2.71. The van der Waals surface area contributed by atoms with Gasteiger partial charge >= 0.3 is 11.8 Å². The van der Waals surface area contributed by atoms with E-state index in [9.17, 15) is 9.59 Å². The molecule has 0 atom stereocenters. The molecule has 1 aromatic carbocycles. The van der Waals surface area contributed by atoms with Crippen molar-refractivity contribution in [2.24, 2.45) is 0 Å². The van der Waals surface area contributed by atoms with Crippen LogP contribution < -0.4 is 15.4 Å². The first kappa shape index (κ1) is 17.0. The van der Waals surface area contributed by atoms with E-state index in [1.807, 2.05) is 32.0 Å². The highest BCUT2D eigenvalue weighted by molar-refractivity contribution is 6.39. The number of carbonyl (C=O) groups is 2. The molecule has 0 unspecified atom stereocenters. The predicted octanol–water partition coefficient (Wildman–Crippen LogP) is 1.09. The number of nitrogens with zero attached hydrogens (tertiary/aromatic N) is 1. The molecule has 21 heavy (non-hydrogen) atoms. The Hall–Kier alpha value is -2.08. The lowest BCUT2D eigenvalue weighted by molar-refractivity contribution is -0.136. The molecule has 0 aromatic heterocycles. The monoisotopic (exact) mass is 293 g/mol. The van der Waals surface area contributed by atoms with E-state index in [2.05, 4.69) is 10.6 Å². The summed E-state index contributed by atoms with van der Waals surface area (Å²) in [6.45, 7) is 3.67. The molecule has 0 fully saturated rings. The molecule has 6 heteroatoms. The fourth-order valence-electron chi connectivity index (χ4n) is 1.71. The summed E-state index contributed by atoms with van der Waals surface area (Å²) in [7, 11) is 3.92. The van der Waals surface area contributed by atoms with Gasteiger partial charge in [0.15, 0.2) is 0 Å². The van der Waals surface area contributed by atoms with E-state index in [0.717, 1.165) is 13.0 Å². The van der Waals surface area contributed by atoms with Crippen molar-refractivity contribution in [1.82, 2.24) is 10.2 Å². The van der Waals surface area contributed by atoms with E-state index >= 15 is 0 Å². The van der Waals surface area contributed by atoms with E-state index in [1.54, 1.807) is 18.2 Å². The Labute approximate surface area is 125 Å². The van der Waals surface area contributed by atoms with E-state index in [0.29, 0.717) is 24.6 Å². The standard InChI is InChI=1S/C15H23N3O3/c1-4-21-13-9-6-5-8-12(13)17-15(20)14(19)16-10-7-11-18(2)3/h5-6,8-9H,4,7,10-11H2,1-3H3,(H,16,19)(H,17,20). The molecule has 0 radical (unpaired) electrons. The van der Waals surface area contributed by atoms with E-state index in [4.69, 9.17) is 4.74 Å². The van der Waals surface area contributed by atoms with Crippen LogP contribution in [0, 0.1) is 0 Å². The second-order valence-corrected chi connectivity index (χ2v) is 4.80. The molecule has 6 nitrogen and oxygen atoms in total. The molecular formula is C15H23N3O3. The average Bonchev–Trinajstić information content (AvgIpc) is 2.45. The number of benzene rings is 1. The van der Waals surface area contributed by atoms with Crippen molar-refractivity contribution in [2.45, 2.75) is 13.3 Å². The van der Waals surface area contributed by atoms with Crippen molar-refractivity contribution >= 4 is 17.5 Å². The molecule has 0 saturated heterocycles. The summed E-state index contributed by atoms with van der Waals surface area (Å²) in [6.07, 6.45) is 0.793. The van der Waals surface area contributed by atoms with E-state index < -0.39 is 11.8 Å². The first-order valence-electron chi connectivity index (χ1n) is 7.00. The summed E-state index contributed by atoms with van der Waals surface area (Å²) >= 11 is 0. The third kappa shape index (κ3) is 6.27. The number of hydrogen-bond donors (Lipinski definition) is 2. The van der Waals surface area contributed by atoms with Gasteiger partial charge in [-0.1, -0.05) is 12.1 Å². The molecule has 2 N–H and O–H groups in total. The van der Waals surface area contributed by atoms with Gasteiger partial charge < -0.3 is 20.3 Å². The maximum Gasteiger partial charge on any atom is 0.313 e. The highest BCUT2D eigenvalue weighted by atomic mass is 16.5. The first-order chi connectivity index (χ1) is 10.0. The number of hydrogen-bond acceptors (Lipinski definition) is 4. The minimum Gasteiger partial charge on any atom is -0.492 e. The van der Waals surface area contributed by atoms with Crippen LogP contribution in [0.1, 0.15) is 13.3 Å². The van der Waals surface area contributed by atoms with Crippen LogP contribution in [0.3, 0.4) is 0 Å². The van der Waals surface area contributed by atoms with Gasteiger partial charge in [0.1, 0.15) is 5.75 Å². The fourth-order valence-corrected chi connectivity index (χ4v) is 1.71. The van der Waals surface area contributed by atoms with Gasteiger partial charge in [-0.25, -0.2) is 0 Å². The second kappa shape index (κ2) is 8.97. The number of anilines is 1. The molecule has 0 bridgehead atoms. The van der Waals surface area contributed by atoms with Crippen LogP contribution in [0.4, 0.5) is 5.69 Å². The Kier molecular flexibility index (Phi) is 7.25. The van der Waals surface area contributed by atoms with Gasteiger partial charge in [0.05, 0.1) is 12.3 Å². The van der Waals surface area contributed by atoms with Gasteiger partial charge in [0.2, 0.25) is 0 Å². The summed E-state index contributed by atoms with van der Waals surface area (Å²) in [4.78, 5) is 25.5. The highest BCUT2D eigenvalue weighted by Crippen LogP contribution is 2.23. The Balaban J connectivity index is 2.47. The van der Waals surface area contributed by atoms with Crippen molar-refractivity contribution < 1.29 is 14.3 Å². The summed E-state index contributed by atoms with van der Waals surface area (Å²) in [5, 5.41) is 5.15. The quantitative estimate of drug-likeness (QED) is 0.583.